The van der Waals surface area contributed by atoms with Crippen molar-refractivity contribution in [2.24, 2.45) is 11.8 Å². The molecular formula is C16H25ClN2O2. The molecule has 0 heterocycles. The molecule has 0 amide bonds. The van der Waals surface area contributed by atoms with Crippen molar-refractivity contribution in [3.63, 3.8) is 0 Å². The minimum atomic E-state index is -0.278. The van der Waals surface area contributed by atoms with Crippen LogP contribution in [0, 0.1) is 5.92 Å². The van der Waals surface area contributed by atoms with Gasteiger partial charge in [0.15, 0.2) is 0 Å². The minimum Gasteiger partial charge on any atom is -0.495 e. The van der Waals surface area contributed by atoms with Crippen molar-refractivity contribution in [3.05, 3.63) is 28.8 Å². The monoisotopic (exact) mass is 312 g/mol. The second kappa shape index (κ2) is 6.97. The van der Waals surface area contributed by atoms with Crippen molar-refractivity contribution >= 4 is 11.6 Å². The number of ether oxygens (including phenoxy) is 2. The fraction of sp³-hybridized carbons (Fsp3) is 0.625. The van der Waals surface area contributed by atoms with Crippen LogP contribution in [0.2, 0.25) is 5.02 Å². The van der Waals surface area contributed by atoms with Gasteiger partial charge in [0.05, 0.1) is 23.8 Å². The average molecular weight is 313 g/mol. The molecule has 0 aliphatic heterocycles. The molecule has 0 spiro atoms. The van der Waals surface area contributed by atoms with E-state index < -0.39 is 0 Å². The van der Waals surface area contributed by atoms with E-state index in [0.29, 0.717) is 10.8 Å². The second-order valence-corrected chi connectivity index (χ2v) is 6.35. The summed E-state index contributed by atoms with van der Waals surface area (Å²) in [6.07, 6.45) is 4.28. The molecule has 1 saturated carbocycles. The first kappa shape index (κ1) is 16.6. The predicted octanol–water partition coefficient (Wildman–Crippen LogP) is 3.45. The molecule has 4 nitrogen and oxygen atoms in total. The van der Waals surface area contributed by atoms with Gasteiger partial charge in [-0.05, 0) is 49.3 Å². The van der Waals surface area contributed by atoms with Crippen LogP contribution in [0.5, 0.6) is 5.75 Å². The summed E-state index contributed by atoms with van der Waals surface area (Å²) in [4.78, 5) is 0. The third-order valence-electron chi connectivity index (χ3n) is 4.73. The van der Waals surface area contributed by atoms with Crippen molar-refractivity contribution < 1.29 is 9.47 Å². The lowest BCUT2D eigenvalue weighted by Crippen LogP contribution is -2.49. The van der Waals surface area contributed by atoms with Crippen molar-refractivity contribution in [2.45, 2.75) is 44.2 Å². The summed E-state index contributed by atoms with van der Waals surface area (Å²) in [5.74, 6) is 7.26. The maximum atomic E-state index is 6.11. The second-order valence-electron chi connectivity index (χ2n) is 5.95. The van der Waals surface area contributed by atoms with Crippen LogP contribution in [0.4, 0.5) is 0 Å². The molecule has 3 N–H and O–H groups in total. The maximum Gasteiger partial charge on any atom is 0.137 e. The van der Waals surface area contributed by atoms with Gasteiger partial charge >= 0.3 is 0 Å². The molecule has 0 bridgehead atoms. The summed E-state index contributed by atoms with van der Waals surface area (Å²) in [6.45, 7) is 2.29. The van der Waals surface area contributed by atoms with Crippen molar-refractivity contribution in [2.75, 3.05) is 14.2 Å². The van der Waals surface area contributed by atoms with Crippen LogP contribution in [0.1, 0.15) is 44.2 Å². The molecule has 0 aromatic heterocycles. The van der Waals surface area contributed by atoms with E-state index in [9.17, 15) is 0 Å². The number of methoxy groups -OCH3 is 2. The zero-order valence-electron chi connectivity index (χ0n) is 13.0. The first-order valence-corrected chi connectivity index (χ1v) is 7.79. The highest BCUT2D eigenvalue weighted by atomic mass is 35.5. The highest BCUT2D eigenvalue weighted by Crippen LogP contribution is 2.43. The smallest absolute Gasteiger partial charge is 0.137 e. The molecule has 1 aromatic carbocycles. The van der Waals surface area contributed by atoms with E-state index in [1.807, 2.05) is 18.2 Å². The molecule has 1 aromatic rings. The van der Waals surface area contributed by atoms with Crippen molar-refractivity contribution in [3.8, 4) is 5.75 Å². The summed E-state index contributed by atoms with van der Waals surface area (Å²) >= 11 is 6.11. The lowest BCUT2D eigenvalue weighted by molar-refractivity contribution is -0.0761. The highest BCUT2D eigenvalue weighted by molar-refractivity contribution is 6.32. The third-order valence-corrected chi connectivity index (χ3v) is 5.04. The van der Waals surface area contributed by atoms with Gasteiger partial charge in [-0.25, -0.2) is 0 Å². The number of benzene rings is 1. The van der Waals surface area contributed by atoms with Gasteiger partial charge < -0.3 is 9.47 Å². The van der Waals surface area contributed by atoms with Crippen molar-refractivity contribution in [1.82, 2.24) is 5.43 Å². The average Bonchev–Trinajstić information content (AvgIpc) is 2.51. The summed E-state index contributed by atoms with van der Waals surface area (Å²) in [7, 11) is 3.39. The van der Waals surface area contributed by atoms with Gasteiger partial charge in [0.1, 0.15) is 5.75 Å². The van der Waals surface area contributed by atoms with E-state index in [2.05, 4.69) is 12.3 Å². The topological polar surface area (TPSA) is 56.5 Å². The molecule has 1 aliphatic carbocycles. The van der Waals surface area contributed by atoms with Gasteiger partial charge in [-0.3, -0.25) is 11.3 Å². The first-order chi connectivity index (χ1) is 10.1. The zero-order valence-corrected chi connectivity index (χ0v) is 13.7. The highest BCUT2D eigenvalue weighted by Gasteiger charge is 2.42. The van der Waals surface area contributed by atoms with E-state index >= 15 is 0 Å². The van der Waals surface area contributed by atoms with Crippen LogP contribution in [0.15, 0.2) is 18.2 Å². The van der Waals surface area contributed by atoms with Gasteiger partial charge in [0, 0.05) is 7.11 Å². The van der Waals surface area contributed by atoms with E-state index in [4.69, 9.17) is 26.9 Å². The van der Waals surface area contributed by atoms with Gasteiger partial charge in [-0.15, -0.1) is 0 Å². The SMILES string of the molecule is COc1cc(C(NN)C2(OC)CCC(C)CC2)ccc1Cl. The quantitative estimate of drug-likeness (QED) is 0.646. The lowest BCUT2D eigenvalue weighted by Gasteiger charge is -2.44. The molecule has 118 valence electrons. The number of hydrogen-bond donors (Lipinski definition) is 2. The van der Waals surface area contributed by atoms with Gasteiger partial charge in [-0.2, -0.15) is 0 Å². The fourth-order valence-corrected chi connectivity index (χ4v) is 3.46. The molecule has 1 fully saturated rings. The lowest BCUT2D eigenvalue weighted by atomic mass is 9.73. The number of hydrogen-bond acceptors (Lipinski definition) is 4. The Morgan fingerprint density at radius 3 is 2.52 bits per heavy atom. The third kappa shape index (κ3) is 3.34. The molecule has 2 rings (SSSR count). The zero-order chi connectivity index (χ0) is 15.5. The first-order valence-electron chi connectivity index (χ1n) is 7.41. The maximum absolute atomic E-state index is 6.11. The fourth-order valence-electron chi connectivity index (χ4n) is 3.27. The van der Waals surface area contributed by atoms with Gasteiger partial charge in [-0.1, -0.05) is 24.6 Å². The summed E-state index contributed by atoms with van der Waals surface area (Å²) in [5.41, 5.74) is 3.70. The molecule has 1 atom stereocenters. The van der Waals surface area contributed by atoms with Crippen LogP contribution < -0.4 is 16.0 Å². The summed E-state index contributed by atoms with van der Waals surface area (Å²) < 4.78 is 11.2. The Kier molecular flexibility index (Phi) is 5.49. The molecular weight excluding hydrogens is 288 g/mol. The molecule has 21 heavy (non-hydrogen) atoms. The Bertz CT molecular complexity index is 473. The Labute approximate surface area is 131 Å². The Hall–Kier alpha value is -0.810. The van der Waals surface area contributed by atoms with Crippen molar-refractivity contribution in [1.29, 1.82) is 0 Å². The Morgan fingerprint density at radius 1 is 1.33 bits per heavy atom. The summed E-state index contributed by atoms with van der Waals surface area (Å²) in [6, 6.07) is 5.68. The predicted molar refractivity (Wildman–Crippen MR) is 85.4 cm³/mol. The Morgan fingerprint density at radius 2 is 2.00 bits per heavy atom. The molecule has 1 aliphatic rings. The minimum absolute atomic E-state index is 0.0823. The Balaban J connectivity index is 2.33. The molecule has 1 unspecified atom stereocenters. The van der Waals surface area contributed by atoms with Crippen LogP contribution in [0.3, 0.4) is 0 Å². The van der Waals surface area contributed by atoms with Crippen LogP contribution in [-0.2, 0) is 4.74 Å². The number of rotatable bonds is 5. The largest absolute Gasteiger partial charge is 0.495 e. The van der Waals surface area contributed by atoms with Crippen LogP contribution in [-0.4, -0.2) is 19.8 Å². The summed E-state index contributed by atoms with van der Waals surface area (Å²) in [5, 5.41) is 0.598. The van der Waals surface area contributed by atoms with E-state index in [0.717, 1.165) is 37.2 Å². The number of halogens is 1. The van der Waals surface area contributed by atoms with E-state index in [1.165, 1.54) is 0 Å². The van der Waals surface area contributed by atoms with Crippen LogP contribution in [0.25, 0.3) is 0 Å². The number of hydrazine groups is 1. The van der Waals surface area contributed by atoms with E-state index in [-0.39, 0.29) is 11.6 Å². The molecule has 0 radical (unpaired) electrons. The standard InChI is InChI=1S/C16H25ClN2O2/c1-11-6-8-16(21-3,9-7-11)15(19-18)12-4-5-13(17)14(10-12)20-2/h4-5,10-11,15,19H,6-9,18H2,1-3H3. The van der Waals surface area contributed by atoms with E-state index in [1.54, 1.807) is 14.2 Å². The van der Waals surface area contributed by atoms with Gasteiger partial charge in [0.2, 0.25) is 0 Å². The number of nitrogens with one attached hydrogen (secondary N) is 1. The molecule has 0 saturated heterocycles. The van der Waals surface area contributed by atoms with Gasteiger partial charge in [0.25, 0.3) is 0 Å². The van der Waals surface area contributed by atoms with Crippen LogP contribution >= 0.6 is 11.6 Å². The number of nitrogens with two attached hydrogens (primary N) is 1. The molecule has 5 heteroatoms. The normalized spacial score (nSPS) is 27.4.